The minimum atomic E-state index is -0.370. The van der Waals surface area contributed by atoms with Crippen molar-refractivity contribution in [2.45, 2.75) is 44.8 Å². The van der Waals surface area contributed by atoms with Crippen LogP contribution in [0, 0.1) is 12.7 Å². The Morgan fingerprint density at radius 3 is 2.76 bits per heavy atom. The van der Waals surface area contributed by atoms with E-state index in [9.17, 15) is 14.0 Å². The average molecular weight is 574 g/mol. The SMILES string of the molecule is COc1cccc(F)c1CN1CC(NC(=O)c2ccc3[nH]nc(-c4ccnc(C)c4)c3c2)CCC1CC(=O)NN(C)C. The van der Waals surface area contributed by atoms with Crippen LogP contribution in [0.1, 0.15) is 40.9 Å². The number of likely N-dealkylation sites (tertiary alicyclic amines) is 1. The molecule has 220 valence electrons. The number of carbonyl (C=O) groups excluding carboxylic acids is 2. The molecule has 3 heterocycles. The van der Waals surface area contributed by atoms with Crippen LogP contribution in [0.3, 0.4) is 0 Å². The highest BCUT2D eigenvalue weighted by Crippen LogP contribution is 2.29. The first-order valence-electron chi connectivity index (χ1n) is 14.0. The molecule has 1 saturated heterocycles. The van der Waals surface area contributed by atoms with Gasteiger partial charge in [-0.2, -0.15) is 5.10 Å². The fraction of sp³-hybridized carbons (Fsp3) is 0.355. The first-order valence-corrected chi connectivity index (χ1v) is 14.0. The van der Waals surface area contributed by atoms with Crippen molar-refractivity contribution in [2.24, 2.45) is 0 Å². The highest BCUT2D eigenvalue weighted by atomic mass is 19.1. The third-order valence-corrected chi connectivity index (χ3v) is 7.58. The molecule has 2 aromatic heterocycles. The van der Waals surface area contributed by atoms with Crippen molar-refractivity contribution in [3.05, 3.63) is 77.4 Å². The van der Waals surface area contributed by atoms with E-state index in [2.05, 4.69) is 30.8 Å². The summed E-state index contributed by atoms with van der Waals surface area (Å²) >= 11 is 0. The van der Waals surface area contributed by atoms with Crippen LogP contribution in [-0.2, 0) is 11.3 Å². The quantitative estimate of drug-likeness (QED) is 0.261. The predicted molar refractivity (Wildman–Crippen MR) is 158 cm³/mol. The van der Waals surface area contributed by atoms with Gasteiger partial charge in [-0.05, 0) is 62.2 Å². The van der Waals surface area contributed by atoms with Crippen molar-refractivity contribution in [3.8, 4) is 17.0 Å². The van der Waals surface area contributed by atoms with Crippen LogP contribution in [0.15, 0.2) is 54.7 Å². The predicted octanol–water partition coefficient (Wildman–Crippen LogP) is 3.83. The van der Waals surface area contributed by atoms with E-state index < -0.39 is 0 Å². The van der Waals surface area contributed by atoms with Crippen LogP contribution in [0.25, 0.3) is 22.2 Å². The van der Waals surface area contributed by atoms with Gasteiger partial charge in [-0.15, -0.1) is 0 Å². The van der Waals surface area contributed by atoms with E-state index in [1.807, 2.05) is 31.2 Å². The van der Waals surface area contributed by atoms with E-state index in [4.69, 9.17) is 4.74 Å². The van der Waals surface area contributed by atoms with Crippen LogP contribution >= 0.6 is 0 Å². The second-order valence-electron chi connectivity index (χ2n) is 10.9. The summed E-state index contributed by atoms with van der Waals surface area (Å²) in [4.78, 5) is 32.4. The van der Waals surface area contributed by atoms with Crippen molar-refractivity contribution < 1.29 is 18.7 Å². The number of H-pyrrole nitrogens is 1. The molecule has 5 rings (SSSR count). The fourth-order valence-electron chi connectivity index (χ4n) is 5.57. The van der Waals surface area contributed by atoms with Gasteiger partial charge in [0.15, 0.2) is 0 Å². The number of nitrogens with one attached hydrogen (secondary N) is 3. The number of carbonyl (C=O) groups is 2. The van der Waals surface area contributed by atoms with Crippen molar-refractivity contribution in [1.82, 2.24) is 35.8 Å². The van der Waals surface area contributed by atoms with Crippen LogP contribution in [0.4, 0.5) is 4.39 Å². The highest BCUT2D eigenvalue weighted by Gasteiger charge is 2.32. The van der Waals surface area contributed by atoms with Gasteiger partial charge in [-0.3, -0.25) is 30.0 Å². The Balaban J connectivity index is 1.35. The van der Waals surface area contributed by atoms with E-state index in [0.29, 0.717) is 36.3 Å². The molecule has 1 aliphatic heterocycles. The van der Waals surface area contributed by atoms with E-state index in [1.165, 1.54) is 13.2 Å². The molecule has 0 bridgehead atoms. The topological polar surface area (TPSA) is 115 Å². The van der Waals surface area contributed by atoms with Gasteiger partial charge in [-0.1, -0.05) is 6.07 Å². The van der Waals surface area contributed by atoms with Crippen molar-refractivity contribution >= 4 is 22.7 Å². The number of aromatic nitrogens is 3. The van der Waals surface area contributed by atoms with Crippen LogP contribution in [0.2, 0.25) is 0 Å². The first kappa shape index (κ1) is 29.2. The minimum Gasteiger partial charge on any atom is -0.496 e. The number of benzene rings is 2. The van der Waals surface area contributed by atoms with E-state index in [1.54, 1.807) is 43.5 Å². The van der Waals surface area contributed by atoms with Gasteiger partial charge in [0.2, 0.25) is 5.91 Å². The van der Waals surface area contributed by atoms with Gasteiger partial charge < -0.3 is 10.1 Å². The lowest BCUT2D eigenvalue weighted by Gasteiger charge is -2.40. The number of piperidine rings is 1. The lowest BCUT2D eigenvalue weighted by atomic mass is 9.94. The maximum atomic E-state index is 14.9. The van der Waals surface area contributed by atoms with E-state index in [0.717, 1.165) is 27.9 Å². The van der Waals surface area contributed by atoms with Gasteiger partial charge in [0.25, 0.3) is 5.91 Å². The number of nitrogens with zero attached hydrogens (tertiary/aromatic N) is 4. The molecule has 1 fully saturated rings. The third-order valence-electron chi connectivity index (χ3n) is 7.58. The number of hydrogen-bond donors (Lipinski definition) is 3. The summed E-state index contributed by atoms with van der Waals surface area (Å²) in [7, 11) is 5.03. The highest BCUT2D eigenvalue weighted by molar-refractivity contribution is 6.01. The van der Waals surface area contributed by atoms with E-state index in [-0.39, 0.29) is 42.7 Å². The normalized spacial score (nSPS) is 17.4. The lowest BCUT2D eigenvalue weighted by Crippen LogP contribution is -2.53. The lowest BCUT2D eigenvalue weighted by molar-refractivity contribution is -0.126. The number of pyridine rings is 1. The molecule has 4 aromatic rings. The zero-order valence-electron chi connectivity index (χ0n) is 24.3. The molecule has 0 radical (unpaired) electrons. The molecule has 0 spiro atoms. The van der Waals surface area contributed by atoms with Gasteiger partial charge >= 0.3 is 0 Å². The van der Waals surface area contributed by atoms with Crippen LogP contribution < -0.4 is 15.5 Å². The van der Waals surface area contributed by atoms with Gasteiger partial charge in [0, 0.05) is 79.7 Å². The number of aromatic amines is 1. The molecule has 3 N–H and O–H groups in total. The smallest absolute Gasteiger partial charge is 0.251 e. The number of amides is 2. The summed E-state index contributed by atoms with van der Waals surface area (Å²) in [5, 5.41) is 13.1. The average Bonchev–Trinajstić information content (AvgIpc) is 3.38. The van der Waals surface area contributed by atoms with Gasteiger partial charge in [0.05, 0.1) is 12.6 Å². The molecular weight excluding hydrogens is 537 g/mol. The van der Waals surface area contributed by atoms with Crippen molar-refractivity contribution in [3.63, 3.8) is 0 Å². The maximum absolute atomic E-state index is 14.9. The first-order chi connectivity index (χ1) is 20.2. The monoisotopic (exact) mass is 573 g/mol. The summed E-state index contributed by atoms with van der Waals surface area (Å²) in [6.45, 7) is 2.63. The largest absolute Gasteiger partial charge is 0.496 e. The fourth-order valence-corrected chi connectivity index (χ4v) is 5.57. The maximum Gasteiger partial charge on any atom is 0.251 e. The molecule has 0 aliphatic carbocycles. The van der Waals surface area contributed by atoms with Crippen molar-refractivity contribution in [1.29, 1.82) is 0 Å². The zero-order chi connectivity index (χ0) is 29.8. The number of fused-ring (bicyclic) bond motifs is 1. The standard InChI is InChI=1S/C31H36FN7O3/c1-19-14-20(12-13-33-19)30-24-15-21(8-11-27(24)35-36-30)31(41)34-22-9-10-23(16-29(40)37-38(2)3)39(17-22)18-25-26(32)6-5-7-28(25)42-4/h5-8,11-15,22-23H,9-10,16-18H2,1-4H3,(H,34,41)(H,35,36)(H,37,40). The van der Waals surface area contributed by atoms with Crippen LogP contribution in [-0.4, -0.2) is 76.7 Å². The number of halogens is 1. The number of ether oxygens (including phenoxy) is 1. The molecule has 42 heavy (non-hydrogen) atoms. The summed E-state index contributed by atoms with van der Waals surface area (Å²) in [5.41, 5.74) is 7.12. The molecular formula is C31H36FN7O3. The third kappa shape index (κ3) is 6.58. The van der Waals surface area contributed by atoms with Crippen LogP contribution in [0.5, 0.6) is 5.75 Å². The summed E-state index contributed by atoms with van der Waals surface area (Å²) < 4.78 is 20.3. The summed E-state index contributed by atoms with van der Waals surface area (Å²) in [6.07, 6.45) is 3.34. The number of hydrazine groups is 1. The summed E-state index contributed by atoms with van der Waals surface area (Å²) in [5.74, 6) is -0.240. The van der Waals surface area contributed by atoms with E-state index >= 15 is 0 Å². The Bertz CT molecular complexity index is 1590. The molecule has 0 saturated carbocycles. The number of rotatable bonds is 9. The second-order valence-corrected chi connectivity index (χ2v) is 10.9. The van der Waals surface area contributed by atoms with Gasteiger partial charge in [-0.25, -0.2) is 9.40 Å². The molecule has 2 unspecified atom stereocenters. The van der Waals surface area contributed by atoms with Crippen molar-refractivity contribution in [2.75, 3.05) is 27.7 Å². The zero-order valence-corrected chi connectivity index (χ0v) is 24.3. The Morgan fingerprint density at radius 1 is 1.17 bits per heavy atom. The number of methoxy groups -OCH3 is 1. The Labute approximate surface area is 244 Å². The Hall–Kier alpha value is -4.35. The number of aryl methyl sites for hydroxylation is 1. The second kappa shape index (κ2) is 12.7. The molecule has 2 atom stereocenters. The number of hydrogen-bond acceptors (Lipinski definition) is 7. The minimum absolute atomic E-state index is 0.119. The Kier molecular flexibility index (Phi) is 8.79. The molecule has 11 heteroatoms. The molecule has 2 aromatic carbocycles. The molecule has 10 nitrogen and oxygen atoms in total. The van der Waals surface area contributed by atoms with Gasteiger partial charge in [0.1, 0.15) is 17.3 Å². The summed E-state index contributed by atoms with van der Waals surface area (Å²) in [6, 6.07) is 13.7. The Morgan fingerprint density at radius 2 is 2.00 bits per heavy atom. The molecule has 1 aliphatic rings. The molecule has 2 amide bonds.